The molecule has 1 N–H and O–H groups in total. The first kappa shape index (κ1) is 17.6. The molecule has 0 radical (unpaired) electrons. The molecule has 128 valence electrons. The molecule has 5 heteroatoms. The number of aromatic nitrogens is 1. The van der Waals surface area contributed by atoms with Crippen molar-refractivity contribution >= 4 is 17.5 Å². The van der Waals surface area contributed by atoms with Crippen LogP contribution < -0.4 is 9.80 Å². The minimum Gasteiger partial charge on any atom is -0.481 e. The minimum atomic E-state index is -0.759. The van der Waals surface area contributed by atoms with E-state index in [2.05, 4.69) is 47.7 Å². The molecule has 0 unspecified atom stereocenters. The Kier molecular flexibility index (Phi) is 6.25. The Hall–Kier alpha value is -1.78. The number of hydrogen-bond donors (Lipinski definition) is 1. The number of piperidine rings is 1. The topological polar surface area (TPSA) is 56.7 Å². The van der Waals surface area contributed by atoms with Gasteiger partial charge in [0.2, 0.25) is 0 Å². The first-order chi connectivity index (χ1) is 11.0. The summed E-state index contributed by atoms with van der Waals surface area (Å²) >= 11 is 0. The lowest BCUT2D eigenvalue weighted by Crippen LogP contribution is -2.33. The number of carboxylic acids is 1. The van der Waals surface area contributed by atoms with Gasteiger partial charge in [-0.05, 0) is 36.8 Å². The summed E-state index contributed by atoms with van der Waals surface area (Å²) in [5.41, 5.74) is 1.01. The van der Waals surface area contributed by atoms with E-state index in [4.69, 9.17) is 5.11 Å². The summed E-state index contributed by atoms with van der Waals surface area (Å²) in [5, 5.41) is 8.93. The van der Waals surface area contributed by atoms with Crippen LogP contribution in [0.25, 0.3) is 0 Å². The predicted octanol–water partition coefficient (Wildman–Crippen LogP) is 3.26. The van der Waals surface area contributed by atoms with Crippen molar-refractivity contribution in [1.29, 1.82) is 0 Å². The Labute approximate surface area is 139 Å². The highest BCUT2D eigenvalue weighted by Crippen LogP contribution is 2.23. The van der Waals surface area contributed by atoms with Gasteiger partial charge < -0.3 is 14.9 Å². The third-order valence-electron chi connectivity index (χ3n) is 4.39. The number of carboxylic acid groups (broad SMARTS) is 1. The molecule has 2 heterocycles. The van der Waals surface area contributed by atoms with Gasteiger partial charge in [0, 0.05) is 26.2 Å². The Morgan fingerprint density at radius 2 is 2.09 bits per heavy atom. The van der Waals surface area contributed by atoms with Crippen LogP contribution in [0.15, 0.2) is 18.3 Å². The SMILES string of the molecule is CC(C)CN(CCC(=O)O)c1ccc(N2CCC(C)CC2)nc1. The number of carbonyl (C=O) groups is 1. The minimum absolute atomic E-state index is 0.151. The standard InChI is InChI=1S/C18H29N3O2/c1-14(2)13-21(11-8-18(22)23)16-4-5-17(19-12-16)20-9-6-15(3)7-10-20/h4-5,12,14-15H,6-11,13H2,1-3H3,(H,22,23). The summed E-state index contributed by atoms with van der Waals surface area (Å²) in [7, 11) is 0. The molecule has 1 aliphatic heterocycles. The lowest BCUT2D eigenvalue weighted by Gasteiger charge is -2.32. The molecule has 2 rings (SSSR count). The van der Waals surface area contributed by atoms with Gasteiger partial charge in [0.05, 0.1) is 18.3 Å². The largest absolute Gasteiger partial charge is 0.481 e. The summed E-state index contributed by atoms with van der Waals surface area (Å²) in [6, 6.07) is 4.14. The van der Waals surface area contributed by atoms with Crippen molar-refractivity contribution in [2.75, 3.05) is 36.0 Å². The Balaban J connectivity index is 2.03. The molecule has 1 aliphatic rings. The van der Waals surface area contributed by atoms with Crippen molar-refractivity contribution in [1.82, 2.24) is 4.98 Å². The highest BCUT2D eigenvalue weighted by molar-refractivity contribution is 5.67. The van der Waals surface area contributed by atoms with E-state index >= 15 is 0 Å². The van der Waals surface area contributed by atoms with Crippen molar-refractivity contribution in [3.63, 3.8) is 0 Å². The molecule has 0 aliphatic carbocycles. The van der Waals surface area contributed by atoms with Crippen molar-refractivity contribution in [2.24, 2.45) is 11.8 Å². The van der Waals surface area contributed by atoms with Crippen molar-refractivity contribution in [3.05, 3.63) is 18.3 Å². The zero-order valence-corrected chi connectivity index (χ0v) is 14.5. The summed E-state index contributed by atoms with van der Waals surface area (Å²) in [4.78, 5) is 19.9. The highest BCUT2D eigenvalue weighted by atomic mass is 16.4. The molecule has 1 aromatic heterocycles. The normalized spacial score (nSPS) is 15.9. The maximum atomic E-state index is 10.9. The maximum Gasteiger partial charge on any atom is 0.305 e. The van der Waals surface area contributed by atoms with Gasteiger partial charge >= 0.3 is 5.97 Å². The lowest BCUT2D eigenvalue weighted by molar-refractivity contribution is -0.136. The maximum absolute atomic E-state index is 10.9. The third kappa shape index (κ3) is 5.41. The number of pyridine rings is 1. The number of aliphatic carboxylic acids is 1. The van der Waals surface area contributed by atoms with Crippen LogP contribution in [0.3, 0.4) is 0 Å². The average Bonchev–Trinajstić information content (AvgIpc) is 2.52. The zero-order chi connectivity index (χ0) is 16.8. The molecule has 0 bridgehead atoms. The molecular weight excluding hydrogens is 290 g/mol. The van der Waals surface area contributed by atoms with E-state index in [1.54, 1.807) is 0 Å². The molecular formula is C18H29N3O2. The predicted molar refractivity (Wildman–Crippen MR) is 94.2 cm³/mol. The fraction of sp³-hybridized carbons (Fsp3) is 0.667. The summed E-state index contributed by atoms with van der Waals surface area (Å²) in [6.07, 6.45) is 4.49. The van der Waals surface area contributed by atoms with Gasteiger partial charge in [-0.1, -0.05) is 20.8 Å². The number of hydrogen-bond acceptors (Lipinski definition) is 4. The molecule has 0 aromatic carbocycles. The second-order valence-electron chi connectivity index (χ2n) is 7.03. The Bertz CT molecular complexity index is 493. The molecule has 23 heavy (non-hydrogen) atoms. The van der Waals surface area contributed by atoms with E-state index in [1.165, 1.54) is 12.8 Å². The molecule has 1 fully saturated rings. The monoisotopic (exact) mass is 319 g/mol. The van der Waals surface area contributed by atoms with Crippen molar-refractivity contribution in [3.8, 4) is 0 Å². The van der Waals surface area contributed by atoms with E-state index in [9.17, 15) is 4.79 Å². The van der Waals surface area contributed by atoms with Crippen LogP contribution in [0.2, 0.25) is 0 Å². The molecule has 0 saturated carbocycles. The Morgan fingerprint density at radius 1 is 1.39 bits per heavy atom. The number of anilines is 2. The van der Waals surface area contributed by atoms with Crippen LogP contribution in [0.4, 0.5) is 11.5 Å². The van der Waals surface area contributed by atoms with E-state index in [0.717, 1.165) is 37.1 Å². The van der Waals surface area contributed by atoms with Gasteiger partial charge in [-0.25, -0.2) is 4.98 Å². The molecule has 5 nitrogen and oxygen atoms in total. The van der Waals surface area contributed by atoms with E-state index < -0.39 is 5.97 Å². The fourth-order valence-corrected chi connectivity index (χ4v) is 2.99. The van der Waals surface area contributed by atoms with Crippen LogP contribution >= 0.6 is 0 Å². The molecule has 0 amide bonds. The van der Waals surface area contributed by atoms with Crippen LogP contribution in [0.1, 0.15) is 40.0 Å². The molecule has 0 atom stereocenters. The summed E-state index contributed by atoms with van der Waals surface area (Å²) in [5.74, 6) is 1.56. The highest BCUT2D eigenvalue weighted by Gasteiger charge is 2.17. The van der Waals surface area contributed by atoms with Crippen LogP contribution in [-0.2, 0) is 4.79 Å². The zero-order valence-electron chi connectivity index (χ0n) is 14.5. The second kappa shape index (κ2) is 8.18. The first-order valence-corrected chi connectivity index (χ1v) is 8.63. The summed E-state index contributed by atoms with van der Waals surface area (Å²) in [6.45, 7) is 10.1. The van der Waals surface area contributed by atoms with Crippen LogP contribution in [-0.4, -0.2) is 42.2 Å². The van der Waals surface area contributed by atoms with Gasteiger partial charge in [0.1, 0.15) is 5.82 Å². The van der Waals surface area contributed by atoms with E-state index in [1.807, 2.05) is 6.20 Å². The van der Waals surface area contributed by atoms with Gasteiger partial charge in [-0.15, -0.1) is 0 Å². The number of nitrogens with zero attached hydrogens (tertiary/aromatic N) is 3. The van der Waals surface area contributed by atoms with Gasteiger partial charge in [-0.3, -0.25) is 4.79 Å². The van der Waals surface area contributed by atoms with Crippen molar-refractivity contribution in [2.45, 2.75) is 40.0 Å². The van der Waals surface area contributed by atoms with Gasteiger partial charge in [0.15, 0.2) is 0 Å². The van der Waals surface area contributed by atoms with E-state index in [0.29, 0.717) is 12.5 Å². The van der Waals surface area contributed by atoms with Crippen molar-refractivity contribution < 1.29 is 9.90 Å². The summed E-state index contributed by atoms with van der Waals surface area (Å²) < 4.78 is 0. The fourth-order valence-electron chi connectivity index (χ4n) is 2.99. The van der Waals surface area contributed by atoms with Crippen LogP contribution in [0, 0.1) is 11.8 Å². The quantitative estimate of drug-likeness (QED) is 0.836. The number of rotatable bonds is 7. The Morgan fingerprint density at radius 3 is 2.61 bits per heavy atom. The van der Waals surface area contributed by atoms with Crippen LogP contribution in [0.5, 0.6) is 0 Å². The third-order valence-corrected chi connectivity index (χ3v) is 4.39. The lowest BCUT2D eigenvalue weighted by atomic mass is 9.99. The van der Waals surface area contributed by atoms with Gasteiger partial charge in [0.25, 0.3) is 0 Å². The smallest absolute Gasteiger partial charge is 0.305 e. The average molecular weight is 319 g/mol. The first-order valence-electron chi connectivity index (χ1n) is 8.63. The molecule has 0 spiro atoms. The molecule has 1 saturated heterocycles. The molecule has 1 aromatic rings. The van der Waals surface area contributed by atoms with Gasteiger partial charge in [-0.2, -0.15) is 0 Å². The second-order valence-corrected chi connectivity index (χ2v) is 7.03. The van der Waals surface area contributed by atoms with E-state index in [-0.39, 0.29) is 6.42 Å².